The van der Waals surface area contributed by atoms with E-state index in [2.05, 4.69) is 0 Å². The summed E-state index contributed by atoms with van der Waals surface area (Å²) >= 11 is 0. The minimum atomic E-state index is -1.17. The lowest BCUT2D eigenvalue weighted by atomic mass is 10.1. The predicted molar refractivity (Wildman–Crippen MR) is 52.7 cm³/mol. The van der Waals surface area contributed by atoms with E-state index in [-0.39, 0.29) is 5.56 Å². The first kappa shape index (κ1) is 9.71. The monoisotopic (exact) mass is 208 g/mol. The first-order valence-corrected chi connectivity index (χ1v) is 4.48. The number of hydrogen-bond acceptors (Lipinski definition) is 2. The number of carboxylic acids is 1. The SMILES string of the molecule is CC(F)c1coc2ccc(C(=O)O)cc12. The molecule has 0 saturated heterocycles. The average Bonchev–Trinajstić information content (AvgIpc) is 2.59. The van der Waals surface area contributed by atoms with Crippen molar-refractivity contribution in [2.45, 2.75) is 13.1 Å². The fraction of sp³-hybridized carbons (Fsp3) is 0.182. The summed E-state index contributed by atoms with van der Waals surface area (Å²) in [4.78, 5) is 10.7. The summed E-state index contributed by atoms with van der Waals surface area (Å²) in [6, 6.07) is 4.39. The van der Waals surface area contributed by atoms with Crippen molar-refractivity contribution in [3.63, 3.8) is 0 Å². The van der Waals surface area contributed by atoms with Crippen molar-refractivity contribution < 1.29 is 18.7 Å². The predicted octanol–water partition coefficient (Wildman–Crippen LogP) is 3.16. The van der Waals surface area contributed by atoms with Gasteiger partial charge in [0.05, 0.1) is 11.8 Å². The molecular formula is C11H9FO3. The number of halogens is 1. The minimum absolute atomic E-state index is 0.130. The van der Waals surface area contributed by atoms with Gasteiger partial charge < -0.3 is 9.52 Å². The second kappa shape index (κ2) is 3.38. The summed E-state index contributed by atoms with van der Waals surface area (Å²) in [7, 11) is 0. The van der Waals surface area contributed by atoms with E-state index in [9.17, 15) is 9.18 Å². The van der Waals surface area contributed by atoms with Gasteiger partial charge in [-0.2, -0.15) is 0 Å². The lowest BCUT2D eigenvalue weighted by molar-refractivity contribution is 0.0697. The average molecular weight is 208 g/mol. The van der Waals surface area contributed by atoms with Gasteiger partial charge in [0.15, 0.2) is 0 Å². The van der Waals surface area contributed by atoms with Gasteiger partial charge in [-0.3, -0.25) is 0 Å². The Bertz CT molecular complexity index is 514. The number of rotatable bonds is 2. The third-order valence-electron chi connectivity index (χ3n) is 2.28. The lowest BCUT2D eigenvalue weighted by Gasteiger charge is -1.98. The van der Waals surface area contributed by atoms with E-state index in [1.807, 2.05) is 0 Å². The third kappa shape index (κ3) is 1.58. The summed E-state index contributed by atoms with van der Waals surface area (Å²) in [5.74, 6) is -1.03. The van der Waals surface area contributed by atoms with Crippen LogP contribution in [0.2, 0.25) is 0 Å². The molecule has 0 aliphatic heterocycles. The van der Waals surface area contributed by atoms with Crippen LogP contribution in [-0.2, 0) is 0 Å². The Balaban J connectivity index is 2.66. The molecule has 0 fully saturated rings. The number of furan rings is 1. The van der Waals surface area contributed by atoms with Crippen molar-refractivity contribution in [2.24, 2.45) is 0 Å². The fourth-order valence-corrected chi connectivity index (χ4v) is 1.49. The summed E-state index contributed by atoms with van der Waals surface area (Å²) < 4.78 is 18.2. The fourth-order valence-electron chi connectivity index (χ4n) is 1.49. The van der Waals surface area contributed by atoms with Crippen molar-refractivity contribution in [3.8, 4) is 0 Å². The molecule has 2 aromatic rings. The molecule has 3 nitrogen and oxygen atoms in total. The van der Waals surface area contributed by atoms with E-state index in [1.54, 1.807) is 0 Å². The molecule has 1 aromatic heterocycles. The number of aromatic carboxylic acids is 1. The number of fused-ring (bicyclic) bond motifs is 1. The number of hydrogen-bond donors (Lipinski definition) is 1. The molecule has 78 valence electrons. The van der Waals surface area contributed by atoms with Crippen LogP contribution in [0.25, 0.3) is 11.0 Å². The zero-order chi connectivity index (χ0) is 11.0. The van der Waals surface area contributed by atoms with Crippen LogP contribution in [-0.4, -0.2) is 11.1 Å². The van der Waals surface area contributed by atoms with Gasteiger partial charge in [0.25, 0.3) is 0 Å². The Morgan fingerprint density at radius 2 is 2.27 bits per heavy atom. The highest BCUT2D eigenvalue weighted by Gasteiger charge is 2.13. The van der Waals surface area contributed by atoms with Crippen LogP contribution in [0.4, 0.5) is 4.39 Å². The van der Waals surface area contributed by atoms with Crippen LogP contribution in [0.3, 0.4) is 0 Å². The molecule has 1 unspecified atom stereocenters. The zero-order valence-corrected chi connectivity index (χ0v) is 8.03. The Labute approximate surface area is 85.1 Å². The van der Waals surface area contributed by atoms with Crippen molar-refractivity contribution in [1.29, 1.82) is 0 Å². The van der Waals surface area contributed by atoms with Crippen molar-refractivity contribution in [3.05, 3.63) is 35.6 Å². The maximum Gasteiger partial charge on any atom is 0.335 e. The largest absolute Gasteiger partial charge is 0.478 e. The van der Waals surface area contributed by atoms with E-state index in [0.29, 0.717) is 16.5 Å². The van der Waals surface area contributed by atoms with E-state index in [4.69, 9.17) is 9.52 Å². The Morgan fingerprint density at radius 3 is 2.87 bits per heavy atom. The van der Waals surface area contributed by atoms with Crippen LogP contribution in [0, 0.1) is 0 Å². The van der Waals surface area contributed by atoms with Crippen LogP contribution in [0.15, 0.2) is 28.9 Å². The second-order valence-electron chi connectivity index (χ2n) is 3.32. The molecule has 15 heavy (non-hydrogen) atoms. The molecule has 2 rings (SSSR count). The molecule has 0 spiro atoms. The summed E-state index contributed by atoms with van der Waals surface area (Å²) in [5.41, 5.74) is 1.01. The van der Waals surface area contributed by atoms with Crippen molar-refractivity contribution in [2.75, 3.05) is 0 Å². The van der Waals surface area contributed by atoms with E-state index in [0.717, 1.165) is 0 Å². The molecule has 1 heterocycles. The lowest BCUT2D eigenvalue weighted by Crippen LogP contribution is -1.95. The van der Waals surface area contributed by atoms with E-state index < -0.39 is 12.1 Å². The Kier molecular flexibility index (Phi) is 2.19. The molecule has 0 amide bonds. The van der Waals surface area contributed by atoms with Gasteiger partial charge in [-0.1, -0.05) is 0 Å². The van der Waals surface area contributed by atoms with Gasteiger partial charge in [-0.25, -0.2) is 9.18 Å². The molecule has 1 aromatic carbocycles. The number of benzene rings is 1. The summed E-state index contributed by atoms with van der Waals surface area (Å²) in [6.45, 7) is 1.39. The molecule has 1 N–H and O–H groups in total. The molecule has 0 aliphatic rings. The van der Waals surface area contributed by atoms with Gasteiger partial charge in [0.1, 0.15) is 11.8 Å². The standard InChI is InChI=1S/C11H9FO3/c1-6(12)9-5-15-10-3-2-7(11(13)14)4-8(9)10/h2-6H,1H3,(H,13,14). The zero-order valence-electron chi connectivity index (χ0n) is 8.03. The smallest absolute Gasteiger partial charge is 0.335 e. The van der Waals surface area contributed by atoms with Crippen LogP contribution >= 0.6 is 0 Å². The van der Waals surface area contributed by atoms with Gasteiger partial charge in [-0.15, -0.1) is 0 Å². The topological polar surface area (TPSA) is 50.4 Å². The second-order valence-corrected chi connectivity index (χ2v) is 3.32. The highest BCUT2D eigenvalue weighted by atomic mass is 19.1. The maximum atomic E-state index is 13.1. The van der Waals surface area contributed by atoms with Crippen molar-refractivity contribution in [1.82, 2.24) is 0 Å². The Hall–Kier alpha value is -1.84. The van der Waals surface area contributed by atoms with Gasteiger partial charge >= 0.3 is 5.97 Å². The van der Waals surface area contributed by atoms with Gasteiger partial charge in [-0.05, 0) is 25.1 Å². The highest BCUT2D eigenvalue weighted by Crippen LogP contribution is 2.29. The van der Waals surface area contributed by atoms with Crippen LogP contribution < -0.4 is 0 Å². The first-order valence-electron chi connectivity index (χ1n) is 4.48. The van der Waals surface area contributed by atoms with Crippen molar-refractivity contribution >= 4 is 16.9 Å². The maximum absolute atomic E-state index is 13.1. The molecular weight excluding hydrogens is 199 g/mol. The van der Waals surface area contributed by atoms with Crippen LogP contribution in [0.5, 0.6) is 0 Å². The number of carboxylic acid groups (broad SMARTS) is 1. The van der Waals surface area contributed by atoms with E-state index >= 15 is 0 Å². The molecule has 0 aliphatic carbocycles. The molecule has 4 heteroatoms. The minimum Gasteiger partial charge on any atom is -0.478 e. The van der Waals surface area contributed by atoms with Crippen LogP contribution in [0.1, 0.15) is 29.0 Å². The molecule has 0 saturated carbocycles. The number of alkyl halides is 1. The van der Waals surface area contributed by atoms with Gasteiger partial charge in [0, 0.05) is 10.9 Å². The first-order chi connectivity index (χ1) is 7.09. The summed E-state index contributed by atoms with van der Waals surface area (Å²) in [6.07, 6.45) is 0.149. The van der Waals surface area contributed by atoms with Gasteiger partial charge in [0.2, 0.25) is 0 Å². The van der Waals surface area contributed by atoms with E-state index in [1.165, 1.54) is 31.4 Å². The normalized spacial score (nSPS) is 12.9. The molecule has 0 radical (unpaired) electrons. The quantitative estimate of drug-likeness (QED) is 0.824. The highest BCUT2D eigenvalue weighted by molar-refractivity contribution is 5.94. The third-order valence-corrected chi connectivity index (χ3v) is 2.28. The molecule has 0 bridgehead atoms. The summed E-state index contributed by atoms with van der Waals surface area (Å²) in [5, 5.41) is 9.31. The Morgan fingerprint density at radius 1 is 1.53 bits per heavy atom. The molecule has 1 atom stereocenters. The number of carbonyl (C=O) groups is 1.